The van der Waals surface area contributed by atoms with Gasteiger partial charge in [-0.2, -0.15) is 5.26 Å². The summed E-state index contributed by atoms with van der Waals surface area (Å²) < 4.78 is 4.52. The molecule has 0 aliphatic heterocycles. The van der Waals surface area contributed by atoms with Crippen molar-refractivity contribution in [1.29, 1.82) is 5.26 Å². The van der Waals surface area contributed by atoms with E-state index in [1.54, 1.807) is 0 Å². The Balaban J connectivity index is 1.09. The summed E-state index contributed by atoms with van der Waals surface area (Å²) in [5.74, 6) is 0. The zero-order valence-electron chi connectivity index (χ0n) is 34.8. The van der Waals surface area contributed by atoms with Gasteiger partial charge >= 0.3 is 0 Å². The fourth-order valence-corrected chi connectivity index (χ4v) is 10.3. The summed E-state index contributed by atoms with van der Waals surface area (Å²) in [6, 6.07) is 71.0. The number of nitriles is 1. The van der Waals surface area contributed by atoms with Crippen molar-refractivity contribution in [1.82, 2.24) is 9.13 Å². The van der Waals surface area contributed by atoms with Crippen LogP contribution in [0.15, 0.2) is 194 Å². The first kappa shape index (κ1) is 36.4. The number of fused-ring (bicyclic) bond motifs is 9. The Morgan fingerprint density at radius 2 is 1.00 bits per heavy atom. The average molecular weight is 803 g/mol. The van der Waals surface area contributed by atoms with Crippen LogP contribution in [-0.2, 0) is 5.41 Å². The number of nitrogens with zero attached hydrogens (tertiary/aromatic N) is 4. The van der Waals surface area contributed by atoms with Crippen molar-refractivity contribution in [2.45, 2.75) is 19.3 Å². The van der Waals surface area contributed by atoms with Crippen LogP contribution >= 0.6 is 0 Å². The summed E-state index contributed by atoms with van der Waals surface area (Å²) >= 11 is 0. The summed E-state index contributed by atoms with van der Waals surface area (Å²) in [6.07, 6.45) is 0. The molecule has 0 atom stereocenters. The highest BCUT2D eigenvalue weighted by Crippen LogP contribution is 2.51. The van der Waals surface area contributed by atoms with Crippen LogP contribution in [0, 0.1) is 17.9 Å². The van der Waals surface area contributed by atoms with Gasteiger partial charge in [-0.15, -0.1) is 0 Å². The number of hydrogen-bond donors (Lipinski definition) is 0. The number of rotatable bonds is 5. The maximum Gasteiger partial charge on any atom is 0.212 e. The van der Waals surface area contributed by atoms with E-state index in [9.17, 15) is 5.26 Å². The second-order valence-corrected chi connectivity index (χ2v) is 17.1. The molecular weight excluding hydrogens is 765 g/mol. The van der Waals surface area contributed by atoms with Gasteiger partial charge in [0, 0.05) is 32.6 Å². The van der Waals surface area contributed by atoms with Gasteiger partial charge in [0.1, 0.15) is 0 Å². The predicted molar refractivity (Wildman–Crippen MR) is 260 cm³/mol. The lowest BCUT2D eigenvalue weighted by molar-refractivity contribution is 0.661. The third kappa shape index (κ3) is 5.46. The van der Waals surface area contributed by atoms with Crippen LogP contribution in [0.1, 0.15) is 30.5 Å². The van der Waals surface area contributed by atoms with E-state index in [4.69, 9.17) is 6.57 Å². The van der Waals surface area contributed by atoms with Crippen LogP contribution < -0.4 is 0 Å². The summed E-state index contributed by atoms with van der Waals surface area (Å²) in [5, 5.41) is 15.5. The van der Waals surface area contributed by atoms with E-state index in [0.29, 0.717) is 16.9 Å². The largest absolute Gasteiger partial charge is 0.318 e. The van der Waals surface area contributed by atoms with Gasteiger partial charge in [0.2, 0.25) is 5.69 Å². The molecule has 1 aliphatic carbocycles. The summed E-state index contributed by atoms with van der Waals surface area (Å²) in [6.45, 7) is 13.3. The molecule has 4 heteroatoms. The zero-order chi connectivity index (χ0) is 42.4. The first-order valence-electron chi connectivity index (χ1n) is 21.3. The minimum absolute atomic E-state index is 0.141. The molecular formula is C59H38N4. The fraction of sp³-hybridized carbons (Fsp3) is 0.0508. The first-order valence-corrected chi connectivity index (χ1v) is 21.3. The monoisotopic (exact) mass is 802 g/mol. The molecule has 63 heavy (non-hydrogen) atoms. The van der Waals surface area contributed by atoms with Crippen LogP contribution in [0.25, 0.3) is 104 Å². The van der Waals surface area contributed by atoms with E-state index < -0.39 is 0 Å². The second-order valence-electron chi connectivity index (χ2n) is 17.1. The maximum absolute atomic E-state index is 11.1. The van der Waals surface area contributed by atoms with Gasteiger partial charge in [-0.05, 0) is 116 Å². The van der Waals surface area contributed by atoms with Crippen molar-refractivity contribution >= 4 is 49.3 Å². The molecule has 2 aromatic heterocycles. The average Bonchev–Trinajstić information content (AvgIpc) is 3.92. The van der Waals surface area contributed by atoms with Crippen LogP contribution in [0.2, 0.25) is 0 Å². The smallest absolute Gasteiger partial charge is 0.212 e. The van der Waals surface area contributed by atoms with Crippen LogP contribution in [0.4, 0.5) is 5.69 Å². The van der Waals surface area contributed by atoms with Crippen molar-refractivity contribution in [3.05, 3.63) is 222 Å². The summed E-state index contributed by atoms with van der Waals surface area (Å²) in [4.78, 5) is 4.20. The predicted octanol–water partition coefficient (Wildman–Crippen LogP) is 15.6. The van der Waals surface area contributed by atoms with Gasteiger partial charge in [-0.1, -0.05) is 147 Å². The standard InChI is InChI=1S/C59H38N4/c1-59(2)51-22-14-13-21-45(51)48-34-50-49-30-39(25-28-54(49)62(57(50)35-52(48)59)44-19-11-6-12-20-44)42-29-43(36-60)58(53(31-42)61-3)63-55-32-40(37-15-7-4-8-16-37)23-26-46(55)47-27-24-41(33-56(47)63)38-17-9-5-10-18-38/h4-35H,1-2H3. The molecule has 0 saturated carbocycles. The highest BCUT2D eigenvalue weighted by molar-refractivity contribution is 6.14. The van der Waals surface area contributed by atoms with Crippen LogP contribution in [0.3, 0.4) is 0 Å². The van der Waals surface area contributed by atoms with Gasteiger partial charge < -0.3 is 9.13 Å². The quantitative estimate of drug-likeness (QED) is 0.160. The van der Waals surface area contributed by atoms with Crippen LogP contribution in [0.5, 0.6) is 0 Å². The Hall–Kier alpha value is -8.44. The third-order valence-corrected chi connectivity index (χ3v) is 13.4. The van der Waals surface area contributed by atoms with Crippen molar-refractivity contribution in [3.63, 3.8) is 0 Å². The summed E-state index contributed by atoms with van der Waals surface area (Å²) in [5.41, 5.74) is 17.9. The van der Waals surface area contributed by atoms with Gasteiger partial charge in [-0.3, -0.25) is 0 Å². The number of aromatic nitrogens is 2. The molecule has 0 fully saturated rings. The second kappa shape index (κ2) is 13.8. The number of para-hydroxylation sites is 1. The molecule has 294 valence electrons. The Morgan fingerprint density at radius 1 is 0.444 bits per heavy atom. The number of hydrogen-bond acceptors (Lipinski definition) is 1. The molecule has 0 N–H and O–H groups in total. The molecule has 9 aromatic carbocycles. The van der Waals surface area contributed by atoms with Gasteiger partial charge in [0.15, 0.2) is 0 Å². The Bertz CT molecular complexity index is 3630. The molecule has 1 aliphatic rings. The minimum Gasteiger partial charge on any atom is -0.318 e. The Labute approximate surface area is 365 Å². The molecule has 0 spiro atoms. The minimum atomic E-state index is -0.141. The first-order chi connectivity index (χ1) is 30.9. The lowest BCUT2D eigenvalue weighted by Gasteiger charge is -2.21. The molecule has 0 saturated heterocycles. The van der Waals surface area contributed by atoms with Crippen molar-refractivity contribution in [3.8, 4) is 62.0 Å². The number of benzene rings is 9. The molecule has 0 radical (unpaired) electrons. The normalized spacial score (nSPS) is 12.7. The van der Waals surface area contributed by atoms with E-state index in [2.05, 4.69) is 179 Å². The zero-order valence-corrected chi connectivity index (χ0v) is 34.8. The highest BCUT2D eigenvalue weighted by atomic mass is 15.0. The Kier molecular flexibility index (Phi) is 7.97. The van der Waals surface area contributed by atoms with E-state index in [-0.39, 0.29) is 5.41 Å². The molecule has 12 rings (SSSR count). The van der Waals surface area contributed by atoms with Gasteiger partial charge in [0.05, 0.1) is 46.0 Å². The van der Waals surface area contributed by atoms with Crippen molar-refractivity contribution in [2.75, 3.05) is 0 Å². The van der Waals surface area contributed by atoms with E-state index in [1.807, 2.05) is 48.5 Å². The van der Waals surface area contributed by atoms with Crippen LogP contribution in [-0.4, -0.2) is 9.13 Å². The SMILES string of the molecule is [C-]#[N+]c1cc(-c2ccc3c(c2)c2cc4c(cc2n3-c2ccccc2)C(C)(C)c2ccccc2-4)cc(C#N)c1-n1c2cc(-c3ccccc3)ccc2c2ccc(-c3ccccc3)cc21. The van der Waals surface area contributed by atoms with Crippen molar-refractivity contribution < 1.29 is 0 Å². The fourth-order valence-electron chi connectivity index (χ4n) is 10.3. The Morgan fingerprint density at radius 3 is 1.63 bits per heavy atom. The van der Waals surface area contributed by atoms with Gasteiger partial charge in [-0.25, -0.2) is 4.85 Å². The summed E-state index contributed by atoms with van der Waals surface area (Å²) in [7, 11) is 0. The topological polar surface area (TPSA) is 38.0 Å². The van der Waals surface area contributed by atoms with E-state index >= 15 is 0 Å². The molecule has 0 unspecified atom stereocenters. The maximum atomic E-state index is 11.1. The third-order valence-electron chi connectivity index (χ3n) is 13.4. The van der Waals surface area contributed by atoms with E-state index in [1.165, 1.54) is 27.6 Å². The molecule has 11 aromatic rings. The lowest BCUT2D eigenvalue weighted by atomic mass is 9.82. The van der Waals surface area contributed by atoms with Crippen molar-refractivity contribution in [2.24, 2.45) is 0 Å². The molecule has 4 nitrogen and oxygen atoms in total. The van der Waals surface area contributed by atoms with Gasteiger partial charge in [0.25, 0.3) is 0 Å². The molecule has 2 heterocycles. The molecule has 0 amide bonds. The highest BCUT2D eigenvalue weighted by Gasteiger charge is 2.36. The molecule has 0 bridgehead atoms. The lowest BCUT2D eigenvalue weighted by Crippen LogP contribution is -2.14. The van der Waals surface area contributed by atoms with E-state index in [0.717, 1.165) is 77.3 Å².